The molecule has 2 aromatic rings. The molecule has 1 saturated carbocycles. The van der Waals surface area contributed by atoms with Crippen LogP contribution in [0, 0.1) is 0 Å². The second kappa shape index (κ2) is 9.26. The molecule has 0 spiro atoms. The van der Waals surface area contributed by atoms with Crippen LogP contribution in [-0.2, 0) is 9.47 Å². The molecule has 1 aliphatic carbocycles. The van der Waals surface area contributed by atoms with Gasteiger partial charge < -0.3 is 18.9 Å². The van der Waals surface area contributed by atoms with Gasteiger partial charge in [0.1, 0.15) is 23.7 Å². The first-order chi connectivity index (χ1) is 13.6. The first kappa shape index (κ1) is 19.7. The van der Waals surface area contributed by atoms with Crippen molar-refractivity contribution in [3.05, 3.63) is 59.7 Å². The summed E-state index contributed by atoms with van der Waals surface area (Å²) >= 11 is 0. The lowest BCUT2D eigenvalue weighted by atomic mass is 9.94. The molecular weight excluding hydrogens is 360 g/mol. The minimum absolute atomic E-state index is 0.431. The molecule has 0 bridgehead atoms. The van der Waals surface area contributed by atoms with Crippen molar-refractivity contribution in [2.45, 2.75) is 37.9 Å². The predicted molar refractivity (Wildman–Crippen MR) is 103 cm³/mol. The van der Waals surface area contributed by atoms with Gasteiger partial charge in [-0.1, -0.05) is 0 Å². The van der Waals surface area contributed by atoms with E-state index in [2.05, 4.69) is 0 Å². The molecule has 0 aromatic heterocycles. The van der Waals surface area contributed by atoms with Gasteiger partial charge in [-0.25, -0.2) is 9.59 Å². The number of rotatable bonds is 6. The molecule has 148 valence electrons. The number of carbonyl (C=O) groups excluding carboxylic acids is 2. The number of benzene rings is 2. The highest BCUT2D eigenvalue weighted by Crippen LogP contribution is 2.26. The van der Waals surface area contributed by atoms with Crippen molar-refractivity contribution >= 4 is 11.9 Å². The summed E-state index contributed by atoms with van der Waals surface area (Å²) < 4.78 is 21.5. The molecule has 2 aromatic carbocycles. The van der Waals surface area contributed by atoms with E-state index >= 15 is 0 Å². The van der Waals surface area contributed by atoms with Gasteiger partial charge in [-0.05, 0) is 74.2 Å². The van der Waals surface area contributed by atoms with Gasteiger partial charge in [-0.2, -0.15) is 0 Å². The van der Waals surface area contributed by atoms with Crippen molar-refractivity contribution in [3.8, 4) is 11.5 Å². The Labute approximate surface area is 164 Å². The fourth-order valence-electron chi connectivity index (χ4n) is 3.20. The maximum atomic E-state index is 12.5. The number of ether oxygens (including phenoxy) is 4. The van der Waals surface area contributed by atoms with E-state index in [-0.39, 0.29) is 0 Å². The van der Waals surface area contributed by atoms with E-state index in [4.69, 9.17) is 18.9 Å². The van der Waals surface area contributed by atoms with Crippen molar-refractivity contribution in [2.75, 3.05) is 14.2 Å². The minimum Gasteiger partial charge on any atom is -0.497 e. The topological polar surface area (TPSA) is 71.1 Å². The lowest BCUT2D eigenvalue weighted by Gasteiger charge is -2.30. The number of hydrogen-bond acceptors (Lipinski definition) is 6. The molecule has 0 saturated heterocycles. The smallest absolute Gasteiger partial charge is 0.338 e. The van der Waals surface area contributed by atoms with Crippen molar-refractivity contribution in [3.63, 3.8) is 0 Å². The van der Waals surface area contributed by atoms with Gasteiger partial charge in [-0.15, -0.1) is 0 Å². The number of esters is 2. The van der Waals surface area contributed by atoms with Gasteiger partial charge in [0, 0.05) is 0 Å². The van der Waals surface area contributed by atoms with Gasteiger partial charge in [0.15, 0.2) is 0 Å². The van der Waals surface area contributed by atoms with Crippen molar-refractivity contribution < 1.29 is 28.5 Å². The SMILES string of the molecule is COc1ccc(C(=O)OC2CCCCC2OC(=O)c2ccc(OC)cc2)cc1. The average molecular weight is 384 g/mol. The van der Waals surface area contributed by atoms with Crippen LogP contribution in [-0.4, -0.2) is 38.4 Å². The zero-order chi connectivity index (χ0) is 19.9. The molecule has 0 N–H and O–H groups in total. The third kappa shape index (κ3) is 4.82. The number of hydrogen-bond donors (Lipinski definition) is 0. The maximum Gasteiger partial charge on any atom is 0.338 e. The van der Waals surface area contributed by atoms with E-state index in [0.29, 0.717) is 35.5 Å². The van der Waals surface area contributed by atoms with Gasteiger partial charge >= 0.3 is 11.9 Å². The highest BCUT2D eigenvalue weighted by atomic mass is 16.6. The van der Waals surface area contributed by atoms with Crippen LogP contribution < -0.4 is 9.47 Å². The summed E-state index contributed by atoms with van der Waals surface area (Å²) in [5.74, 6) is 0.473. The zero-order valence-electron chi connectivity index (χ0n) is 16.1. The van der Waals surface area contributed by atoms with E-state index in [1.807, 2.05) is 0 Å². The summed E-state index contributed by atoms with van der Waals surface area (Å²) in [4.78, 5) is 24.9. The van der Waals surface area contributed by atoms with Crippen LogP contribution in [0.25, 0.3) is 0 Å². The second-order valence-corrected chi connectivity index (χ2v) is 6.63. The molecule has 0 aliphatic heterocycles. The van der Waals surface area contributed by atoms with Gasteiger partial charge in [-0.3, -0.25) is 0 Å². The largest absolute Gasteiger partial charge is 0.497 e. The minimum atomic E-state index is -0.453. The Bertz CT molecular complexity index is 727. The highest BCUT2D eigenvalue weighted by molar-refractivity contribution is 5.90. The molecule has 2 unspecified atom stereocenters. The van der Waals surface area contributed by atoms with Crippen LogP contribution in [0.1, 0.15) is 46.4 Å². The third-order valence-corrected chi connectivity index (χ3v) is 4.81. The molecule has 0 heterocycles. The van der Waals surface area contributed by atoms with E-state index in [1.54, 1.807) is 62.8 Å². The molecule has 1 aliphatic rings. The maximum absolute atomic E-state index is 12.5. The van der Waals surface area contributed by atoms with Crippen LogP contribution >= 0.6 is 0 Å². The molecule has 1 fully saturated rings. The summed E-state index contributed by atoms with van der Waals surface area (Å²) in [6.45, 7) is 0. The van der Waals surface area contributed by atoms with E-state index in [9.17, 15) is 9.59 Å². The molecule has 3 rings (SSSR count). The van der Waals surface area contributed by atoms with E-state index in [1.165, 1.54) is 0 Å². The number of carbonyl (C=O) groups is 2. The molecule has 28 heavy (non-hydrogen) atoms. The summed E-state index contributed by atoms with van der Waals surface area (Å²) in [6, 6.07) is 13.4. The molecular formula is C22H24O6. The quantitative estimate of drug-likeness (QED) is 0.701. The van der Waals surface area contributed by atoms with Crippen molar-refractivity contribution in [2.24, 2.45) is 0 Å². The predicted octanol–water partition coefficient (Wildman–Crippen LogP) is 4.03. The van der Waals surface area contributed by atoms with Crippen LogP contribution in [0.4, 0.5) is 0 Å². The van der Waals surface area contributed by atoms with Crippen LogP contribution in [0.15, 0.2) is 48.5 Å². The lowest BCUT2D eigenvalue weighted by Crippen LogP contribution is -2.37. The molecule has 0 radical (unpaired) electrons. The average Bonchev–Trinajstić information content (AvgIpc) is 2.75. The summed E-state index contributed by atoms with van der Waals surface area (Å²) in [5.41, 5.74) is 0.873. The normalized spacial score (nSPS) is 18.8. The molecule has 6 heteroatoms. The Kier molecular flexibility index (Phi) is 6.53. The van der Waals surface area contributed by atoms with Crippen LogP contribution in [0.5, 0.6) is 11.5 Å². The fourth-order valence-corrected chi connectivity index (χ4v) is 3.20. The Morgan fingerprint density at radius 2 is 1.04 bits per heavy atom. The van der Waals surface area contributed by atoms with Crippen molar-refractivity contribution in [1.29, 1.82) is 0 Å². The van der Waals surface area contributed by atoms with Gasteiger partial charge in [0.2, 0.25) is 0 Å². The van der Waals surface area contributed by atoms with Crippen LogP contribution in [0.2, 0.25) is 0 Å². The van der Waals surface area contributed by atoms with Gasteiger partial charge in [0.05, 0.1) is 25.3 Å². The fraction of sp³-hybridized carbons (Fsp3) is 0.364. The monoisotopic (exact) mass is 384 g/mol. The van der Waals surface area contributed by atoms with Crippen LogP contribution in [0.3, 0.4) is 0 Å². The summed E-state index contributed by atoms with van der Waals surface area (Å²) in [6.07, 6.45) is 2.29. The Morgan fingerprint density at radius 3 is 1.36 bits per heavy atom. The zero-order valence-corrected chi connectivity index (χ0v) is 16.1. The molecule has 2 atom stereocenters. The van der Waals surface area contributed by atoms with Gasteiger partial charge in [0.25, 0.3) is 0 Å². The van der Waals surface area contributed by atoms with E-state index < -0.39 is 24.1 Å². The Hall–Kier alpha value is -3.02. The molecule has 0 amide bonds. The Morgan fingerprint density at radius 1 is 0.679 bits per heavy atom. The third-order valence-electron chi connectivity index (χ3n) is 4.81. The van der Waals surface area contributed by atoms with Crippen molar-refractivity contribution in [1.82, 2.24) is 0 Å². The Balaban J connectivity index is 1.63. The number of methoxy groups -OCH3 is 2. The lowest BCUT2D eigenvalue weighted by molar-refractivity contribution is -0.0514. The summed E-state index contributed by atoms with van der Waals surface area (Å²) in [5, 5.41) is 0. The first-order valence-electron chi connectivity index (χ1n) is 9.31. The van der Waals surface area contributed by atoms with E-state index in [0.717, 1.165) is 12.8 Å². The first-order valence-corrected chi connectivity index (χ1v) is 9.31. The highest BCUT2D eigenvalue weighted by Gasteiger charge is 2.32. The summed E-state index contributed by atoms with van der Waals surface area (Å²) in [7, 11) is 3.13. The second-order valence-electron chi connectivity index (χ2n) is 6.63. The standard InChI is InChI=1S/C22H24O6/c1-25-17-11-7-15(8-12-17)21(23)27-19-5-3-4-6-20(19)28-22(24)16-9-13-18(26-2)14-10-16/h7-14,19-20H,3-6H2,1-2H3. The molecule has 6 nitrogen and oxygen atoms in total.